The SMILES string of the molecule is CCCCCCCCCOC(=O)CN(C)C(=O)CN(C)C(=O)OCCC. The zero-order chi connectivity index (χ0) is 19.8. The lowest BCUT2D eigenvalue weighted by molar-refractivity contribution is -0.148. The van der Waals surface area contributed by atoms with Gasteiger partial charge in [-0.05, 0) is 12.8 Å². The van der Waals surface area contributed by atoms with E-state index in [0.29, 0.717) is 13.2 Å². The molecule has 7 nitrogen and oxygen atoms in total. The molecule has 0 aromatic rings. The predicted octanol–water partition coefficient (Wildman–Crippen LogP) is 3.22. The zero-order valence-corrected chi connectivity index (χ0v) is 16.9. The Kier molecular flexibility index (Phi) is 14.4. The molecule has 7 heteroatoms. The van der Waals surface area contributed by atoms with Gasteiger partial charge in [0.05, 0.1) is 13.2 Å². The Labute approximate surface area is 158 Å². The Bertz CT molecular complexity index is 415. The maximum Gasteiger partial charge on any atom is 0.409 e. The molecule has 0 aromatic heterocycles. The molecule has 0 rings (SSSR count). The molecule has 0 fully saturated rings. The van der Waals surface area contributed by atoms with Crippen LogP contribution in [0.1, 0.15) is 65.2 Å². The minimum atomic E-state index is -0.546. The van der Waals surface area contributed by atoms with Crippen molar-refractivity contribution in [3.8, 4) is 0 Å². The normalized spacial score (nSPS) is 10.3. The molecular weight excluding hydrogens is 336 g/mol. The van der Waals surface area contributed by atoms with E-state index in [0.717, 1.165) is 25.7 Å². The average molecular weight is 373 g/mol. The highest BCUT2D eigenvalue weighted by molar-refractivity contribution is 5.85. The quantitative estimate of drug-likeness (QED) is 0.346. The van der Waals surface area contributed by atoms with Gasteiger partial charge in [-0.15, -0.1) is 0 Å². The van der Waals surface area contributed by atoms with Gasteiger partial charge >= 0.3 is 12.1 Å². The predicted molar refractivity (Wildman–Crippen MR) is 101 cm³/mol. The van der Waals surface area contributed by atoms with Gasteiger partial charge < -0.3 is 19.3 Å². The summed E-state index contributed by atoms with van der Waals surface area (Å²) in [6.45, 7) is 4.54. The average Bonchev–Trinajstić information content (AvgIpc) is 2.61. The summed E-state index contributed by atoms with van der Waals surface area (Å²) in [5.74, 6) is -0.767. The van der Waals surface area contributed by atoms with Gasteiger partial charge in [-0.3, -0.25) is 9.59 Å². The number of esters is 1. The summed E-state index contributed by atoms with van der Waals surface area (Å²) >= 11 is 0. The number of amides is 2. The summed E-state index contributed by atoms with van der Waals surface area (Å²) in [7, 11) is 3.01. The van der Waals surface area contributed by atoms with E-state index in [1.54, 1.807) is 0 Å². The van der Waals surface area contributed by atoms with Crippen LogP contribution in [0.4, 0.5) is 4.79 Å². The fraction of sp³-hybridized carbons (Fsp3) is 0.842. The third-order valence-corrected chi connectivity index (χ3v) is 3.92. The lowest BCUT2D eigenvalue weighted by Gasteiger charge is -2.21. The van der Waals surface area contributed by atoms with E-state index in [4.69, 9.17) is 9.47 Å². The Balaban J connectivity index is 3.85. The maximum absolute atomic E-state index is 12.0. The molecule has 0 saturated carbocycles. The van der Waals surface area contributed by atoms with E-state index in [1.165, 1.54) is 49.6 Å². The summed E-state index contributed by atoms with van der Waals surface area (Å²) in [4.78, 5) is 37.9. The number of carbonyl (C=O) groups is 3. The van der Waals surface area contributed by atoms with Crippen molar-refractivity contribution in [3.63, 3.8) is 0 Å². The van der Waals surface area contributed by atoms with Crippen LogP contribution in [0.15, 0.2) is 0 Å². The standard InChI is InChI=1S/C19H36N2O5/c1-5-7-8-9-10-11-12-14-25-18(23)16-20(3)17(22)15-21(4)19(24)26-13-6-2/h5-16H2,1-4H3. The van der Waals surface area contributed by atoms with Crippen molar-refractivity contribution in [1.29, 1.82) is 0 Å². The van der Waals surface area contributed by atoms with E-state index < -0.39 is 12.1 Å². The molecule has 0 N–H and O–H groups in total. The minimum Gasteiger partial charge on any atom is -0.464 e. The fourth-order valence-corrected chi connectivity index (χ4v) is 2.26. The van der Waals surface area contributed by atoms with Crippen molar-refractivity contribution in [2.75, 3.05) is 40.4 Å². The maximum atomic E-state index is 12.0. The molecule has 26 heavy (non-hydrogen) atoms. The van der Waals surface area contributed by atoms with Crippen LogP contribution in [0, 0.1) is 0 Å². The molecule has 0 bridgehead atoms. The first-order chi connectivity index (χ1) is 12.4. The Morgan fingerprint density at radius 2 is 1.31 bits per heavy atom. The second-order valence-corrected chi connectivity index (χ2v) is 6.56. The van der Waals surface area contributed by atoms with Gasteiger partial charge in [-0.1, -0.05) is 52.4 Å². The first-order valence-corrected chi connectivity index (χ1v) is 9.69. The molecule has 0 unspecified atom stereocenters. The number of nitrogens with zero attached hydrogens (tertiary/aromatic N) is 2. The van der Waals surface area contributed by atoms with Gasteiger partial charge in [0, 0.05) is 14.1 Å². The summed E-state index contributed by atoms with van der Waals surface area (Å²) in [5, 5.41) is 0. The van der Waals surface area contributed by atoms with Gasteiger partial charge in [0.15, 0.2) is 0 Å². The minimum absolute atomic E-state index is 0.118. The second-order valence-electron chi connectivity index (χ2n) is 6.56. The highest BCUT2D eigenvalue weighted by atomic mass is 16.6. The molecular formula is C19H36N2O5. The van der Waals surface area contributed by atoms with Crippen LogP contribution in [0.2, 0.25) is 0 Å². The molecule has 0 aliphatic rings. The van der Waals surface area contributed by atoms with Crippen LogP contribution in [-0.4, -0.2) is 68.2 Å². The first kappa shape index (κ1) is 24.2. The summed E-state index contributed by atoms with van der Waals surface area (Å²) in [6, 6.07) is 0. The van der Waals surface area contributed by atoms with Crippen molar-refractivity contribution in [1.82, 2.24) is 9.80 Å². The number of hydrogen-bond acceptors (Lipinski definition) is 5. The van der Waals surface area contributed by atoms with E-state index in [1.807, 2.05) is 6.92 Å². The van der Waals surface area contributed by atoms with Crippen molar-refractivity contribution >= 4 is 18.0 Å². The van der Waals surface area contributed by atoms with Crippen molar-refractivity contribution in [2.45, 2.75) is 65.2 Å². The monoisotopic (exact) mass is 372 g/mol. The van der Waals surface area contributed by atoms with Crippen molar-refractivity contribution < 1.29 is 23.9 Å². The highest BCUT2D eigenvalue weighted by Crippen LogP contribution is 2.07. The molecule has 0 heterocycles. The third kappa shape index (κ3) is 12.6. The highest BCUT2D eigenvalue weighted by Gasteiger charge is 2.19. The topological polar surface area (TPSA) is 76.2 Å². The molecule has 0 aromatic carbocycles. The van der Waals surface area contributed by atoms with Crippen LogP contribution in [0.5, 0.6) is 0 Å². The van der Waals surface area contributed by atoms with Crippen LogP contribution >= 0.6 is 0 Å². The lowest BCUT2D eigenvalue weighted by atomic mass is 10.1. The lowest BCUT2D eigenvalue weighted by Crippen LogP contribution is -2.41. The van der Waals surface area contributed by atoms with E-state index in [-0.39, 0.29) is 19.0 Å². The molecule has 0 atom stereocenters. The van der Waals surface area contributed by atoms with Crippen LogP contribution < -0.4 is 0 Å². The molecule has 0 aliphatic carbocycles. The second kappa shape index (κ2) is 15.5. The van der Waals surface area contributed by atoms with E-state index in [2.05, 4.69) is 6.92 Å². The Hall–Kier alpha value is -1.79. The molecule has 2 amide bonds. The molecule has 0 aliphatic heterocycles. The first-order valence-electron chi connectivity index (χ1n) is 9.69. The number of likely N-dealkylation sites (N-methyl/N-ethyl adjacent to an activating group) is 2. The van der Waals surface area contributed by atoms with Gasteiger partial charge in [-0.2, -0.15) is 0 Å². The summed E-state index contributed by atoms with van der Waals surface area (Å²) in [5.41, 5.74) is 0. The summed E-state index contributed by atoms with van der Waals surface area (Å²) < 4.78 is 10.1. The summed E-state index contributed by atoms with van der Waals surface area (Å²) in [6.07, 6.45) is 8.25. The van der Waals surface area contributed by atoms with Crippen molar-refractivity contribution in [3.05, 3.63) is 0 Å². The smallest absolute Gasteiger partial charge is 0.409 e. The molecule has 0 saturated heterocycles. The van der Waals surface area contributed by atoms with Gasteiger partial charge in [0.25, 0.3) is 0 Å². The Morgan fingerprint density at radius 3 is 1.92 bits per heavy atom. The van der Waals surface area contributed by atoms with E-state index >= 15 is 0 Å². The van der Waals surface area contributed by atoms with Gasteiger partial charge in [-0.25, -0.2) is 4.79 Å². The largest absolute Gasteiger partial charge is 0.464 e. The van der Waals surface area contributed by atoms with Gasteiger partial charge in [0.2, 0.25) is 5.91 Å². The Morgan fingerprint density at radius 1 is 0.692 bits per heavy atom. The number of carbonyl (C=O) groups excluding carboxylic acids is 3. The van der Waals surface area contributed by atoms with Crippen LogP contribution in [0.3, 0.4) is 0 Å². The molecule has 0 spiro atoms. The number of rotatable bonds is 14. The number of ether oxygens (including phenoxy) is 2. The number of hydrogen-bond donors (Lipinski definition) is 0. The van der Waals surface area contributed by atoms with E-state index in [9.17, 15) is 14.4 Å². The van der Waals surface area contributed by atoms with Crippen LogP contribution in [0.25, 0.3) is 0 Å². The fourth-order valence-electron chi connectivity index (χ4n) is 2.26. The van der Waals surface area contributed by atoms with Crippen molar-refractivity contribution in [2.24, 2.45) is 0 Å². The third-order valence-electron chi connectivity index (χ3n) is 3.92. The van der Waals surface area contributed by atoms with Gasteiger partial charge in [0.1, 0.15) is 13.1 Å². The molecule has 152 valence electrons. The van der Waals surface area contributed by atoms with Crippen LogP contribution in [-0.2, 0) is 19.1 Å². The zero-order valence-electron chi connectivity index (χ0n) is 16.9. The molecule has 0 radical (unpaired) electrons. The number of unbranched alkanes of at least 4 members (excludes halogenated alkanes) is 6.